The number of para-hydroxylation sites is 1. The molecule has 160 valence electrons. The molecular formula is C19H19N7O5. The summed E-state index contributed by atoms with van der Waals surface area (Å²) in [6.07, 6.45) is -0.261. The van der Waals surface area contributed by atoms with Crippen molar-refractivity contribution in [3.63, 3.8) is 0 Å². The lowest BCUT2D eigenvalue weighted by Gasteiger charge is -2.18. The molecule has 1 aliphatic heterocycles. The van der Waals surface area contributed by atoms with Gasteiger partial charge in [-0.25, -0.2) is 15.4 Å². The van der Waals surface area contributed by atoms with Gasteiger partial charge >= 0.3 is 0 Å². The van der Waals surface area contributed by atoms with E-state index in [-0.39, 0.29) is 17.1 Å². The maximum Gasteiger partial charge on any atom is 0.278 e. The Balaban J connectivity index is 1.53. The SMILES string of the molecule is O=c1[nH]cnc2c1nc(N/N=C/c1c[nH]c3ccccc13)n2[C@@H]1O[C@H](CO)[C@@H](O)[C@H]1O. The summed E-state index contributed by atoms with van der Waals surface area (Å²) in [6, 6.07) is 7.73. The van der Waals surface area contributed by atoms with Crippen molar-refractivity contribution < 1.29 is 20.1 Å². The van der Waals surface area contributed by atoms with Crippen LogP contribution in [-0.2, 0) is 4.74 Å². The van der Waals surface area contributed by atoms with Crippen molar-refractivity contribution in [3.05, 3.63) is 52.7 Å². The lowest BCUT2D eigenvalue weighted by Crippen LogP contribution is -2.33. The van der Waals surface area contributed by atoms with Gasteiger partial charge in [0.05, 0.1) is 19.1 Å². The number of aliphatic hydroxyl groups is 3. The highest BCUT2D eigenvalue weighted by Crippen LogP contribution is 2.33. The van der Waals surface area contributed by atoms with Gasteiger partial charge in [-0.05, 0) is 6.07 Å². The summed E-state index contributed by atoms with van der Waals surface area (Å²) in [5.74, 6) is 0.0742. The predicted molar refractivity (Wildman–Crippen MR) is 111 cm³/mol. The van der Waals surface area contributed by atoms with E-state index < -0.39 is 36.7 Å². The maximum atomic E-state index is 12.2. The minimum absolute atomic E-state index is 0.00466. The third-order valence-electron chi connectivity index (χ3n) is 5.24. The molecule has 5 rings (SSSR count). The van der Waals surface area contributed by atoms with Crippen molar-refractivity contribution in [1.29, 1.82) is 0 Å². The fourth-order valence-electron chi connectivity index (χ4n) is 3.69. The highest BCUT2D eigenvalue weighted by Gasteiger charge is 2.45. The van der Waals surface area contributed by atoms with Crippen LogP contribution in [0.2, 0.25) is 0 Å². The van der Waals surface area contributed by atoms with Gasteiger partial charge in [0.15, 0.2) is 17.4 Å². The van der Waals surface area contributed by atoms with E-state index in [0.717, 1.165) is 16.5 Å². The molecule has 4 aromatic rings. The van der Waals surface area contributed by atoms with E-state index in [4.69, 9.17) is 4.74 Å². The minimum atomic E-state index is -1.38. The Hall–Kier alpha value is -3.58. The standard InChI is InChI=1S/C19H19N7O5/c27-7-12-14(28)15(29)18(31-12)26-16-13(17(30)22-8-21-16)24-19(26)25-23-6-9-5-20-11-4-2-1-3-10(9)11/h1-6,8,12,14-15,18,20,27-29H,7H2,(H,24,25)(H,21,22,30)/b23-6+/t12-,14-,15-,18-/m1/s1. The number of nitrogens with one attached hydrogen (secondary N) is 3. The van der Waals surface area contributed by atoms with Gasteiger partial charge in [-0.15, -0.1) is 0 Å². The normalized spacial score (nSPS) is 24.0. The number of aromatic nitrogens is 5. The van der Waals surface area contributed by atoms with Crippen molar-refractivity contribution in [1.82, 2.24) is 24.5 Å². The first-order valence-electron chi connectivity index (χ1n) is 9.51. The van der Waals surface area contributed by atoms with Gasteiger partial charge < -0.3 is 30.0 Å². The quantitative estimate of drug-likeness (QED) is 0.186. The number of H-pyrrole nitrogens is 2. The van der Waals surface area contributed by atoms with E-state index in [9.17, 15) is 20.1 Å². The molecule has 4 atom stereocenters. The lowest BCUT2D eigenvalue weighted by atomic mass is 10.1. The van der Waals surface area contributed by atoms with E-state index in [1.54, 1.807) is 12.4 Å². The van der Waals surface area contributed by atoms with Crippen LogP contribution < -0.4 is 11.0 Å². The molecule has 0 unspecified atom stereocenters. The summed E-state index contributed by atoms with van der Waals surface area (Å²) in [4.78, 5) is 26.1. The topological polar surface area (TPSA) is 174 Å². The number of rotatable bonds is 5. The van der Waals surface area contributed by atoms with Gasteiger partial charge in [0.2, 0.25) is 5.95 Å². The summed E-state index contributed by atoms with van der Waals surface area (Å²) in [5, 5.41) is 35.2. The molecule has 12 heteroatoms. The van der Waals surface area contributed by atoms with Gasteiger partial charge in [0.1, 0.15) is 18.3 Å². The highest BCUT2D eigenvalue weighted by atomic mass is 16.6. The first-order chi connectivity index (χ1) is 15.1. The zero-order valence-electron chi connectivity index (χ0n) is 16.0. The molecule has 1 aliphatic rings. The van der Waals surface area contributed by atoms with Crippen LogP contribution in [0.3, 0.4) is 0 Å². The third kappa shape index (κ3) is 3.18. The number of benzene rings is 1. The van der Waals surface area contributed by atoms with Gasteiger partial charge in [-0.2, -0.15) is 5.10 Å². The Morgan fingerprint density at radius 1 is 1.26 bits per heavy atom. The summed E-state index contributed by atoms with van der Waals surface area (Å²) < 4.78 is 6.94. The van der Waals surface area contributed by atoms with E-state index in [1.165, 1.54) is 10.9 Å². The first-order valence-corrected chi connectivity index (χ1v) is 9.51. The average molecular weight is 425 g/mol. The van der Waals surface area contributed by atoms with Crippen LogP contribution in [-0.4, -0.2) is 71.0 Å². The number of anilines is 1. The van der Waals surface area contributed by atoms with Crippen LogP contribution in [0.15, 0.2) is 46.7 Å². The van der Waals surface area contributed by atoms with Gasteiger partial charge in [0.25, 0.3) is 5.56 Å². The van der Waals surface area contributed by atoms with Gasteiger partial charge in [0, 0.05) is 22.7 Å². The van der Waals surface area contributed by atoms with Crippen LogP contribution in [0.4, 0.5) is 5.95 Å². The number of hydrogen-bond donors (Lipinski definition) is 6. The van der Waals surface area contributed by atoms with Gasteiger partial charge in [-0.3, -0.25) is 9.36 Å². The molecule has 12 nitrogen and oxygen atoms in total. The van der Waals surface area contributed by atoms with Crippen molar-refractivity contribution in [2.24, 2.45) is 5.10 Å². The second-order valence-electron chi connectivity index (χ2n) is 7.10. The average Bonchev–Trinajstić information content (AvgIpc) is 3.44. The number of imidazole rings is 1. The molecule has 0 amide bonds. The Labute approximate surface area is 173 Å². The Bertz CT molecular complexity index is 1330. The van der Waals surface area contributed by atoms with Crippen LogP contribution in [0.25, 0.3) is 22.1 Å². The number of aromatic amines is 2. The Kier molecular flexibility index (Phi) is 4.75. The van der Waals surface area contributed by atoms with E-state index >= 15 is 0 Å². The third-order valence-corrected chi connectivity index (χ3v) is 5.24. The molecular weight excluding hydrogens is 406 g/mol. The number of hydrogen-bond acceptors (Lipinski definition) is 9. The van der Waals surface area contributed by atoms with Gasteiger partial charge in [-0.1, -0.05) is 18.2 Å². The molecule has 0 aliphatic carbocycles. The molecule has 4 heterocycles. The van der Waals surface area contributed by atoms with Crippen molar-refractivity contribution >= 4 is 34.2 Å². The number of aliphatic hydroxyl groups excluding tert-OH is 3. The zero-order chi connectivity index (χ0) is 21.5. The molecule has 0 saturated carbocycles. The maximum absolute atomic E-state index is 12.2. The van der Waals surface area contributed by atoms with E-state index in [0.29, 0.717) is 0 Å². The molecule has 1 aromatic carbocycles. The summed E-state index contributed by atoms with van der Waals surface area (Å²) in [7, 11) is 0. The molecule has 0 bridgehead atoms. The zero-order valence-corrected chi connectivity index (χ0v) is 16.0. The first kappa shape index (κ1) is 19.4. The predicted octanol–water partition coefficient (Wildman–Crippen LogP) is -0.342. The monoisotopic (exact) mass is 425 g/mol. The number of ether oxygens (including phenoxy) is 1. The second kappa shape index (κ2) is 7.59. The summed E-state index contributed by atoms with van der Waals surface area (Å²) >= 11 is 0. The number of hydrazone groups is 1. The van der Waals surface area contributed by atoms with E-state index in [2.05, 4.69) is 30.5 Å². The van der Waals surface area contributed by atoms with Crippen molar-refractivity contribution in [2.75, 3.05) is 12.0 Å². The molecule has 6 N–H and O–H groups in total. The molecule has 1 saturated heterocycles. The molecule has 1 fully saturated rings. The number of fused-ring (bicyclic) bond motifs is 2. The molecule has 3 aromatic heterocycles. The van der Waals surface area contributed by atoms with Crippen LogP contribution in [0.5, 0.6) is 0 Å². The Morgan fingerprint density at radius 2 is 2.10 bits per heavy atom. The number of nitrogens with zero attached hydrogens (tertiary/aromatic N) is 4. The molecule has 0 spiro atoms. The summed E-state index contributed by atoms with van der Waals surface area (Å²) in [6.45, 7) is -0.489. The molecule has 0 radical (unpaired) electrons. The largest absolute Gasteiger partial charge is 0.394 e. The highest BCUT2D eigenvalue weighted by molar-refractivity contribution is 5.99. The van der Waals surface area contributed by atoms with Crippen LogP contribution in [0.1, 0.15) is 11.8 Å². The second-order valence-corrected chi connectivity index (χ2v) is 7.10. The van der Waals surface area contributed by atoms with Crippen molar-refractivity contribution in [2.45, 2.75) is 24.5 Å². The molecule has 31 heavy (non-hydrogen) atoms. The van der Waals surface area contributed by atoms with Crippen LogP contribution >= 0.6 is 0 Å². The fourth-order valence-corrected chi connectivity index (χ4v) is 3.69. The van der Waals surface area contributed by atoms with E-state index in [1.807, 2.05) is 24.3 Å². The summed E-state index contributed by atoms with van der Waals surface area (Å²) in [5.41, 5.74) is 4.19. The smallest absolute Gasteiger partial charge is 0.278 e. The fraction of sp³-hybridized carbons (Fsp3) is 0.263. The van der Waals surface area contributed by atoms with Crippen LogP contribution in [0, 0.1) is 0 Å². The Morgan fingerprint density at radius 3 is 2.90 bits per heavy atom. The lowest BCUT2D eigenvalue weighted by molar-refractivity contribution is -0.0501. The van der Waals surface area contributed by atoms with Crippen molar-refractivity contribution in [3.8, 4) is 0 Å². The minimum Gasteiger partial charge on any atom is -0.394 e.